The quantitative estimate of drug-likeness (QED) is 0.743. The lowest BCUT2D eigenvalue weighted by molar-refractivity contribution is -0.122. The van der Waals surface area contributed by atoms with E-state index in [1.165, 1.54) is 0 Å². The Morgan fingerprint density at radius 3 is 2.74 bits per heavy atom. The van der Waals surface area contributed by atoms with Gasteiger partial charge in [0.25, 0.3) is 0 Å². The van der Waals surface area contributed by atoms with Crippen LogP contribution in [0.25, 0.3) is 0 Å². The molecule has 1 amide bonds. The van der Waals surface area contributed by atoms with Crippen molar-refractivity contribution >= 4 is 5.91 Å². The number of nitrogens with zero attached hydrogens (tertiary/aromatic N) is 3. The minimum Gasteiger partial charge on any atom is -0.354 e. The van der Waals surface area contributed by atoms with Crippen molar-refractivity contribution in [1.29, 1.82) is 0 Å². The molecule has 124 valence electrons. The van der Waals surface area contributed by atoms with Gasteiger partial charge < -0.3 is 15.6 Å². The Bertz CT molecular complexity index is 692. The number of nitrogens with two attached hydrogens (primary N) is 1. The van der Waals surface area contributed by atoms with Gasteiger partial charge in [-0.3, -0.25) is 9.89 Å². The second-order valence-electron chi connectivity index (χ2n) is 6.65. The molecule has 2 heterocycles. The van der Waals surface area contributed by atoms with Crippen LogP contribution in [-0.4, -0.2) is 32.2 Å². The summed E-state index contributed by atoms with van der Waals surface area (Å²) in [4.78, 5) is 16.6. The van der Waals surface area contributed by atoms with Gasteiger partial charge in [-0.25, -0.2) is 4.98 Å². The number of amides is 1. The largest absolute Gasteiger partial charge is 0.354 e. The van der Waals surface area contributed by atoms with Crippen molar-refractivity contribution in [2.24, 2.45) is 11.1 Å². The first-order valence-corrected chi connectivity index (χ1v) is 7.94. The highest BCUT2D eigenvalue weighted by atomic mass is 16.2. The van der Waals surface area contributed by atoms with Gasteiger partial charge in [0.15, 0.2) is 0 Å². The molecule has 0 aromatic carbocycles. The minimum atomic E-state index is -0.681. The van der Waals surface area contributed by atoms with Crippen molar-refractivity contribution in [3.8, 4) is 0 Å². The molecule has 2 aromatic rings. The molecule has 7 nitrogen and oxygen atoms in total. The molecule has 0 spiro atoms. The van der Waals surface area contributed by atoms with E-state index in [0.29, 0.717) is 6.54 Å². The summed E-state index contributed by atoms with van der Waals surface area (Å²) in [7, 11) is 0. The van der Waals surface area contributed by atoms with Gasteiger partial charge in [-0.15, -0.1) is 0 Å². The van der Waals surface area contributed by atoms with Gasteiger partial charge in [-0.2, -0.15) is 5.10 Å². The molecule has 1 fully saturated rings. The highest BCUT2D eigenvalue weighted by Crippen LogP contribution is 2.46. The van der Waals surface area contributed by atoms with E-state index in [-0.39, 0.29) is 11.3 Å². The number of nitrogens with one attached hydrogen (secondary N) is 2. The van der Waals surface area contributed by atoms with Crippen LogP contribution in [-0.2, 0) is 11.3 Å². The van der Waals surface area contributed by atoms with Gasteiger partial charge in [0.2, 0.25) is 5.91 Å². The summed E-state index contributed by atoms with van der Waals surface area (Å²) >= 11 is 0. The topological polar surface area (TPSA) is 102 Å². The van der Waals surface area contributed by atoms with Crippen LogP contribution in [0.5, 0.6) is 0 Å². The van der Waals surface area contributed by atoms with Gasteiger partial charge in [0, 0.05) is 42.2 Å². The van der Waals surface area contributed by atoms with Gasteiger partial charge in [-0.1, -0.05) is 0 Å². The maximum atomic E-state index is 12.4. The van der Waals surface area contributed by atoms with Crippen molar-refractivity contribution in [3.63, 3.8) is 0 Å². The Hall–Kier alpha value is -2.15. The fourth-order valence-corrected chi connectivity index (χ4v) is 3.03. The third-order valence-corrected chi connectivity index (χ3v) is 4.80. The molecule has 1 unspecified atom stereocenters. The molecule has 0 radical (unpaired) electrons. The van der Waals surface area contributed by atoms with Gasteiger partial charge in [0.05, 0.1) is 5.69 Å². The number of H-pyrrole nitrogens is 1. The first-order chi connectivity index (χ1) is 10.9. The molecule has 1 saturated carbocycles. The highest BCUT2D eigenvalue weighted by Gasteiger charge is 2.43. The molecule has 7 heteroatoms. The smallest absolute Gasteiger partial charge is 0.241 e. The van der Waals surface area contributed by atoms with E-state index in [9.17, 15) is 4.79 Å². The number of carbonyl (C=O) groups is 1. The number of aromatic amines is 1. The monoisotopic (exact) mass is 316 g/mol. The Morgan fingerprint density at radius 2 is 2.22 bits per heavy atom. The van der Waals surface area contributed by atoms with Crippen LogP contribution >= 0.6 is 0 Å². The number of aromatic nitrogens is 4. The van der Waals surface area contributed by atoms with Crippen molar-refractivity contribution in [3.05, 3.63) is 35.2 Å². The summed E-state index contributed by atoms with van der Waals surface area (Å²) in [6.07, 6.45) is 6.03. The van der Waals surface area contributed by atoms with Crippen LogP contribution in [0.2, 0.25) is 0 Å². The van der Waals surface area contributed by atoms with Crippen LogP contribution in [0.15, 0.2) is 12.4 Å². The molecule has 3 rings (SSSR count). The Morgan fingerprint density at radius 1 is 1.48 bits per heavy atom. The Labute approximate surface area is 135 Å². The van der Waals surface area contributed by atoms with E-state index in [1.54, 1.807) is 0 Å². The number of aryl methyl sites for hydroxylation is 3. The SMILES string of the molecule is Cc1n[nH]c(C)c1C(N)C(=O)NCC1(Cn2ccnc2C)CC1. The van der Waals surface area contributed by atoms with Gasteiger partial charge in [0.1, 0.15) is 11.9 Å². The lowest BCUT2D eigenvalue weighted by Gasteiger charge is -2.19. The van der Waals surface area contributed by atoms with Crippen LogP contribution in [0.4, 0.5) is 0 Å². The summed E-state index contributed by atoms with van der Waals surface area (Å²) in [5.41, 5.74) is 8.66. The number of imidazole rings is 1. The average molecular weight is 316 g/mol. The Kier molecular flexibility index (Phi) is 3.97. The first kappa shape index (κ1) is 15.7. The predicted molar refractivity (Wildman–Crippen MR) is 86.6 cm³/mol. The number of rotatable bonds is 6. The molecule has 23 heavy (non-hydrogen) atoms. The summed E-state index contributed by atoms with van der Waals surface area (Å²) in [5.74, 6) is 0.857. The zero-order chi connectivity index (χ0) is 16.6. The number of carbonyl (C=O) groups excluding carboxylic acids is 1. The lowest BCUT2D eigenvalue weighted by atomic mass is 10.0. The number of hydrogen-bond acceptors (Lipinski definition) is 4. The molecule has 1 atom stereocenters. The molecule has 2 aromatic heterocycles. The fourth-order valence-electron chi connectivity index (χ4n) is 3.03. The lowest BCUT2D eigenvalue weighted by Crippen LogP contribution is -2.38. The minimum absolute atomic E-state index is 0.140. The van der Waals surface area contributed by atoms with Crippen molar-refractivity contribution < 1.29 is 4.79 Å². The van der Waals surface area contributed by atoms with Crippen molar-refractivity contribution in [2.75, 3.05) is 6.54 Å². The van der Waals surface area contributed by atoms with E-state index >= 15 is 0 Å². The summed E-state index contributed by atoms with van der Waals surface area (Å²) in [6.45, 7) is 7.27. The third kappa shape index (κ3) is 3.14. The molecule has 0 saturated heterocycles. The summed E-state index contributed by atoms with van der Waals surface area (Å²) in [5, 5.41) is 10.00. The average Bonchev–Trinajstić information content (AvgIpc) is 3.05. The maximum Gasteiger partial charge on any atom is 0.241 e. The zero-order valence-electron chi connectivity index (χ0n) is 13.9. The fraction of sp³-hybridized carbons (Fsp3) is 0.562. The van der Waals surface area contributed by atoms with Crippen molar-refractivity contribution in [2.45, 2.75) is 46.2 Å². The molecule has 0 bridgehead atoms. The molecule has 4 N–H and O–H groups in total. The third-order valence-electron chi connectivity index (χ3n) is 4.80. The predicted octanol–water partition coefficient (Wildman–Crippen LogP) is 1.13. The van der Waals surface area contributed by atoms with E-state index in [1.807, 2.05) is 33.2 Å². The van der Waals surface area contributed by atoms with Crippen LogP contribution in [0.1, 0.15) is 41.7 Å². The standard InChI is InChI=1S/C16H24N6O/c1-10-13(11(2)21-20-10)14(17)15(23)19-8-16(4-5-16)9-22-7-6-18-12(22)3/h6-7,14H,4-5,8-9,17H2,1-3H3,(H,19,23)(H,20,21). The van der Waals surface area contributed by atoms with Crippen LogP contribution < -0.4 is 11.1 Å². The van der Waals surface area contributed by atoms with Gasteiger partial charge in [-0.05, 0) is 33.6 Å². The zero-order valence-corrected chi connectivity index (χ0v) is 13.9. The second-order valence-corrected chi connectivity index (χ2v) is 6.65. The molecule has 1 aliphatic carbocycles. The second kappa shape index (κ2) is 5.81. The van der Waals surface area contributed by atoms with E-state index < -0.39 is 6.04 Å². The number of hydrogen-bond donors (Lipinski definition) is 3. The van der Waals surface area contributed by atoms with Crippen LogP contribution in [0.3, 0.4) is 0 Å². The Balaban J connectivity index is 1.60. The van der Waals surface area contributed by atoms with Crippen LogP contribution in [0, 0.1) is 26.2 Å². The summed E-state index contributed by atoms with van der Waals surface area (Å²) in [6, 6.07) is -0.681. The molecular formula is C16H24N6O. The highest BCUT2D eigenvalue weighted by molar-refractivity contribution is 5.83. The maximum absolute atomic E-state index is 12.4. The molecule has 0 aliphatic heterocycles. The molecule has 1 aliphatic rings. The molecular weight excluding hydrogens is 292 g/mol. The van der Waals surface area contributed by atoms with E-state index in [2.05, 4.69) is 25.1 Å². The van der Waals surface area contributed by atoms with E-state index in [4.69, 9.17) is 5.73 Å². The normalized spacial score (nSPS) is 17.0. The first-order valence-electron chi connectivity index (χ1n) is 7.94. The van der Waals surface area contributed by atoms with Gasteiger partial charge >= 0.3 is 0 Å². The van der Waals surface area contributed by atoms with Crippen molar-refractivity contribution in [1.82, 2.24) is 25.1 Å². The van der Waals surface area contributed by atoms with E-state index in [0.717, 1.165) is 42.2 Å². The summed E-state index contributed by atoms with van der Waals surface area (Å²) < 4.78 is 2.14.